The van der Waals surface area contributed by atoms with Crippen molar-refractivity contribution in [2.45, 2.75) is 11.8 Å². The number of nitrogens with one attached hydrogen (secondary N) is 1. The molecule has 1 aromatic carbocycles. The topological polar surface area (TPSA) is 55.4 Å². The van der Waals surface area contributed by atoms with Gasteiger partial charge in [-0.3, -0.25) is 0 Å². The number of ether oxygens (including phenoxy) is 1. The molecule has 0 spiro atoms. The summed E-state index contributed by atoms with van der Waals surface area (Å²) in [6.07, 6.45) is 1.20. The zero-order chi connectivity index (χ0) is 13.2. The summed E-state index contributed by atoms with van der Waals surface area (Å²) in [6, 6.07) is 6.59. The van der Waals surface area contributed by atoms with E-state index in [0.29, 0.717) is 23.3 Å². The van der Waals surface area contributed by atoms with Crippen LogP contribution >= 0.6 is 0 Å². The SMILES string of the molecule is C[C@@H]1CNC[C@H]1COc1ccc(S(C)(=O)=O)cc1. The number of benzene rings is 1. The van der Waals surface area contributed by atoms with E-state index in [1.807, 2.05) is 0 Å². The van der Waals surface area contributed by atoms with Gasteiger partial charge in [0.25, 0.3) is 0 Å². The fraction of sp³-hybridized carbons (Fsp3) is 0.538. The molecule has 1 N–H and O–H groups in total. The van der Waals surface area contributed by atoms with Crippen LogP contribution in [-0.4, -0.2) is 34.4 Å². The minimum atomic E-state index is -3.12. The van der Waals surface area contributed by atoms with Crippen LogP contribution in [0.25, 0.3) is 0 Å². The Balaban J connectivity index is 1.94. The van der Waals surface area contributed by atoms with Crippen LogP contribution in [0.2, 0.25) is 0 Å². The molecule has 1 heterocycles. The van der Waals surface area contributed by atoms with Crippen LogP contribution in [0.15, 0.2) is 29.2 Å². The molecule has 0 amide bonds. The van der Waals surface area contributed by atoms with E-state index in [1.165, 1.54) is 6.26 Å². The average Bonchev–Trinajstić information content (AvgIpc) is 2.72. The van der Waals surface area contributed by atoms with E-state index in [2.05, 4.69) is 12.2 Å². The molecule has 0 saturated carbocycles. The first-order valence-corrected chi connectivity index (χ1v) is 7.99. The van der Waals surface area contributed by atoms with Crippen LogP contribution < -0.4 is 10.1 Å². The monoisotopic (exact) mass is 269 g/mol. The van der Waals surface area contributed by atoms with Gasteiger partial charge in [-0.15, -0.1) is 0 Å². The van der Waals surface area contributed by atoms with Crippen LogP contribution in [0, 0.1) is 11.8 Å². The van der Waals surface area contributed by atoms with E-state index in [4.69, 9.17) is 4.74 Å². The van der Waals surface area contributed by atoms with Gasteiger partial charge in [-0.05, 0) is 36.7 Å². The summed E-state index contributed by atoms with van der Waals surface area (Å²) in [5.41, 5.74) is 0. The number of sulfone groups is 1. The van der Waals surface area contributed by atoms with Crippen molar-refractivity contribution in [3.63, 3.8) is 0 Å². The van der Waals surface area contributed by atoms with Crippen LogP contribution in [0.1, 0.15) is 6.92 Å². The highest BCUT2D eigenvalue weighted by Crippen LogP contribution is 2.20. The summed E-state index contributed by atoms with van der Waals surface area (Å²) in [6.45, 7) is 4.91. The van der Waals surface area contributed by atoms with Gasteiger partial charge in [0.2, 0.25) is 0 Å². The second-order valence-electron chi connectivity index (χ2n) is 4.95. The van der Waals surface area contributed by atoms with E-state index < -0.39 is 9.84 Å². The highest BCUT2D eigenvalue weighted by molar-refractivity contribution is 7.90. The van der Waals surface area contributed by atoms with Crippen molar-refractivity contribution < 1.29 is 13.2 Å². The van der Waals surface area contributed by atoms with Gasteiger partial charge in [-0.1, -0.05) is 6.92 Å². The van der Waals surface area contributed by atoms with Crippen molar-refractivity contribution in [3.8, 4) is 5.75 Å². The molecule has 5 heteroatoms. The van der Waals surface area contributed by atoms with Crippen molar-refractivity contribution in [1.29, 1.82) is 0 Å². The van der Waals surface area contributed by atoms with Gasteiger partial charge in [0.15, 0.2) is 9.84 Å². The van der Waals surface area contributed by atoms with E-state index in [0.717, 1.165) is 18.8 Å². The maximum Gasteiger partial charge on any atom is 0.175 e. The summed E-state index contributed by atoms with van der Waals surface area (Å²) in [5, 5.41) is 3.33. The smallest absolute Gasteiger partial charge is 0.175 e. The standard InChI is InChI=1S/C13H19NO3S/c1-10-7-14-8-11(10)9-17-12-3-5-13(6-4-12)18(2,15)16/h3-6,10-11,14H,7-9H2,1-2H3/t10-,11+/m1/s1. The molecule has 0 aliphatic carbocycles. The lowest BCUT2D eigenvalue weighted by atomic mass is 9.99. The third-order valence-corrected chi connectivity index (χ3v) is 4.52. The number of hydrogen-bond acceptors (Lipinski definition) is 4. The highest BCUT2D eigenvalue weighted by atomic mass is 32.2. The van der Waals surface area contributed by atoms with E-state index >= 15 is 0 Å². The molecule has 1 aliphatic rings. The molecular formula is C13H19NO3S. The quantitative estimate of drug-likeness (QED) is 0.896. The molecule has 1 fully saturated rings. The summed E-state index contributed by atoms with van der Waals surface area (Å²) < 4.78 is 28.3. The first-order chi connectivity index (χ1) is 8.47. The molecule has 1 saturated heterocycles. The first-order valence-electron chi connectivity index (χ1n) is 6.10. The third-order valence-electron chi connectivity index (χ3n) is 3.39. The van der Waals surface area contributed by atoms with Crippen LogP contribution in [0.4, 0.5) is 0 Å². The van der Waals surface area contributed by atoms with Gasteiger partial charge < -0.3 is 10.1 Å². The fourth-order valence-corrected chi connectivity index (χ4v) is 2.70. The minimum absolute atomic E-state index is 0.325. The number of hydrogen-bond donors (Lipinski definition) is 1. The fourth-order valence-electron chi connectivity index (χ4n) is 2.07. The van der Waals surface area contributed by atoms with Crippen LogP contribution in [0.3, 0.4) is 0 Å². The van der Waals surface area contributed by atoms with E-state index in [1.54, 1.807) is 24.3 Å². The molecule has 1 aliphatic heterocycles. The predicted octanol–water partition coefficient (Wildman–Crippen LogP) is 1.32. The Hall–Kier alpha value is -1.07. The van der Waals surface area contributed by atoms with E-state index in [-0.39, 0.29) is 0 Å². The normalized spacial score (nSPS) is 24.1. The van der Waals surface area contributed by atoms with Gasteiger partial charge in [-0.25, -0.2) is 8.42 Å². The van der Waals surface area contributed by atoms with Crippen molar-refractivity contribution in [2.24, 2.45) is 11.8 Å². The second-order valence-corrected chi connectivity index (χ2v) is 6.97. The molecule has 2 rings (SSSR count). The first kappa shape index (κ1) is 13.4. The largest absolute Gasteiger partial charge is 0.493 e. The van der Waals surface area contributed by atoms with Crippen molar-refractivity contribution >= 4 is 9.84 Å². The van der Waals surface area contributed by atoms with Gasteiger partial charge in [0.1, 0.15) is 5.75 Å². The van der Waals surface area contributed by atoms with Crippen LogP contribution in [0.5, 0.6) is 5.75 Å². The van der Waals surface area contributed by atoms with Crippen molar-refractivity contribution in [1.82, 2.24) is 5.32 Å². The molecule has 4 nitrogen and oxygen atoms in total. The van der Waals surface area contributed by atoms with Crippen molar-refractivity contribution in [2.75, 3.05) is 26.0 Å². The predicted molar refractivity (Wildman–Crippen MR) is 70.6 cm³/mol. The molecule has 0 unspecified atom stereocenters. The summed E-state index contributed by atoms with van der Waals surface area (Å²) in [5.74, 6) is 1.88. The summed E-state index contributed by atoms with van der Waals surface area (Å²) >= 11 is 0. The zero-order valence-electron chi connectivity index (χ0n) is 10.7. The lowest BCUT2D eigenvalue weighted by Gasteiger charge is -2.15. The maximum atomic E-state index is 11.3. The highest BCUT2D eigenvalue weighted by Gasteiger charge is 2.23. The molecule has 0 aromatic heterocycles. The second kappa shape index (κ2) is 5.28. The molecule has 0 bridgehead atoms. The molecule has 1 aromatic rings. The Labute approximate surface area is 108 Å². The Morgan fingerprint density at radius 2 is 1.94 bits per heavy atom. The van der Waals surface area contributed by atoms with Gasteiger partial charge >= 0.3 is 0 Å². The van der Waals surface area contributed by atoms with Crippen molar-refractivity contribution in [3.05, 3.63) is 24.3 Å². The Bertz CT molecular complexity index is 495. The molecule has 0 radical (unpaired) electrons. The molecule has 18 heavy (non-hydrogen) atoms. The lowest BCUT2D eigenvalue weighted by molar-refractivity contribution is 0.233. The third kappa shape index (κ3) is 3.23. The minimum Gasteiger partial charge on any atom is -0.493 e. The van der Waals surface area contributed by atoms with E-state index in [9.17, 15) is 8.42 Å². The summed E-state index contributed by atoms with van der Waals surface area (Å²) in [4.78, 5) is 0.325. The summed E-state index contributed by atoms with van der Waals surface area (Å²) in [7, 11) is -3.12. The average molecular weight is 269 g/mol. The number of rotatable bonds is 4. The maximum absolute atomic E-state index is 11.3. The molecule has 100 valence electrons. The Kier molecular flexibility index (Phi) is 3.92. The lowest BCUT2D eigenvalue weighted by Crippen LogP contribution is -2.18. The van der Waals surface area contributed by atoms with Crippen LogP contribution in [-0.2, 0) is 9.84 Å². The van der Waals surface area contributed by atoms with Gasteiger partial charge in [-0.2, -0.15) is 0 Å². The molecular weight excluding hydrogens is 250 g/mol. The Morgan fingerprint density at radius 1 is 1.28 bits per heavy atom. The van der Waals surface area contributed by atoms with Gasteiger partial charge in [0, 0.05) is 18.7 Å². The van der Waals surface area contributed by atoms with Gasteiger partial charge in [0.05, 0.1) is 11.5 Å². The Morgan fingerprint density at radius 3 is 2.44 bits per heavy atom. The molecule has 2 atom stereocenters. The zero-order valence-corrected chi connectivity index (χ0v) is 11.5.